The second-order valence-corrected chi connectivity index (χ2v) is 10.2. The van der Waals surface area contributed by atoms with Crippen molar-refractivity contribution in [2.75, 3.05) is 0 Å². The maximum absolute atomic E-state index is 12.6. The van der Waals surface area contributed by atoms with Gasteiger partial charge in [-0.15, -0.1) is 0 Å². The third kappa shape index (κ3) is 4.61. The first kappa shape index (κ1) is 26.0. The molecule has 0 bridgehead atoms. The van der Waals surface area contributed by atoms with Gasteiger partial charge in [0.1, 0.15) is 11.3 Å². The number of phenols is 1. The molecule has 0 unspecified atom stereocenters. The van der Waals surface area contributed by atoms with Crippen LogP contribution in [0.3, 0.4) is 0 Å². The monoisotopic (exact) mass is 512 g/mol. The second-order valence-electron chi connectivity index (χ2n) is 10.2. The molecule has 0 aliphatic rings. The van der Waals surface area contributed by atoms with Crippen LogP contribution in [-0.2, 0) is 11.8 Å². The number of benzene rings is 5. The molecule has 0 saturated carbocycles. The van der Waals surface area contributed by atoms with Crippen LogP contribution < -0.4 is 0 Å². The summed E-state index contributed by atoms with van der Waals surface area (Å²) in [6.07, 6.45) is 0.409. The Balaban J connectivity index is 1.97. The van der Waals surface area contributed by atoms with Crippen molar-refractivity contribution < 1.29 is 15.0 Å². The Kier molecular flexibility index (Phi) is 7.08. The molecule has 0 atom stereocenters. The molecule has 0 aromatic heterocycles. The fraction of sp³-hybridized carbons (Fsp3) is 0.139. The van der Waals surface area contributed by atoms with Crippen molar-refractivity contribution in [2.24, 2.45) is 0 Å². The highest BCUT2D eigenvalue weighted by molar-refractivity contribution is 5.92. The van der Waals surface area contributed by atoms with Crippen LogP contribution >= 0.6 is 0 Å². The van der Waals surface area contributed by atoms with E-state index >= 15 is 0 Å². The van der Waals surface area contributed by atoms with Gasteiger partial charge in [0.15, 0.2) is 0 Å². The van der Waals surface area contributed by atoms with E-state index < -0.39 is 11.4 Å². The largest absolute Gasteiger partial charge is 0.507 e. The maximum Gasteiger partial charge on any atom is 0.339 e. The van der Waals surface area contributed by atoms with Crippen LogP contribution in [0.2, 0.25) is 0 Å². The van der Waals surface area contributed by atoms with Gasteiger partial charge in [0.25, 0.3) is 0 Å². The van der Waals surface area contributed by atoms with Gasteiger partial charge in [0.2, 0.25) is 0 Å². The Morgan fingerprint density at radius 3 is 1.51 bits per heavy atom. The normalized spacial score (nSPS) is 11.4. The molecule has 5 rings (SSSR count). The fourth-order valence-corrected chi connectivity index (χ4v) is 5.91. The number of carboxylic acids is 1. The average molecular weight is 513 g/mol. The van der Waals surface area contributed by atoms with E-state index in [0.717, 1.165) is 44.5 Å². The fourth-order valence-electron chi connectivity index (χ4n) is 5.91. The lowest BCUT2D eigenvalue weighted by Gasteiger charge is -2.40. The van der Waals surface area contributed by atoms with E-state index in [-0.39, 0.29) is 11.3 Å². The van der Waals surface area contributed by atoms with Gasteiger partial charge in [-0.1, -0.05) is 109 Å². The topological polar surface area (TPSA) is 57.5 Å². The van der Waals surface area contributed by atoms with E-state index in [1.807, 2.05) is 72.8 Å². The SMILES string of the molecule is Cc1ccccc1C(c1cc(Cc2ccccc2)c(O)c(C(=O)O)c1)(c1ccccc1C)c1ccccc1C. The Morgan fingerprint density at radius 2 is 1.08 bits per heavy atom. The van der Waals surface area contributed by atoms with Crippen molar-refractivity contribution in [3.8, 4) is 5.75 Å². The number of aromatic hydroxyl groups is 1. The predicted molar refractivity (Wildman–Crippen MR) is 157 cm³/mol. The number of hydrogen-bond acceptors (Lipinski definition) is 2. The minimum atomic E-state index is -1.16. The van der Waals surface area contributed by atoms with E-state index in [2.05, 4.69) is 57.2 Å². The minimum absolute atomic E-state index is 0.0986. The summed E-state index contributed by atoms with van der Waals surface area (Å²) in [5.74, 6) is -1.35. The van der Waals surface area contributed by atoms with Crippen molar-refractivity contribution >= 4 is 5.97 Å². The van der Waals surface area contributed by atoms with Gasteiger partial charge in [0.05, 0.1) is 5.41 Å². The third-order valence-corrected chi connectivity index (χ3v) is 7.74. The zero-order valence-electron chi connectivity index (χ0n) is 22.5. The molecule has 0 aliphatic carbocycles. The lowest BCUT2D eigenvalue weighted by molar-refractivity contribution is 0.0693. The van der Waals surface area contributed by atoms with Gasteiger partial charge < -0.3 is 10.2 Å². The van der Waals surface area contributed by atoms with Crippen LogP contribution in [0.25, 0.3) is 0 Å². The number of aryl methyl sites for hydroxylation is 3. The molecule has 3 heteroatoms. The Morgan fingerprint density at radius 1 is 0.641 bits per heavy atom. The third-order valence-electron chi connectivity index (χ3n) is 7.74. The van der Waals surface area contributed by atoms with Crippen molar-refractivity contribution in [3.63, 3.8) is 0 Å². The highest BCUT2D eigenvalue weighted by Gasteiger charge is 2.42. The summed E-state index contributed by atoms with van der Waals surface area (Å²) in [7, 11) is 0. The molecule has 0 radical (unpaired) electrons. The number of aromatic carboxylic acids is 1. The summed E-state index contributed by atoms with van der Waals surface area (Å²) >= 11 is 0. The molecule has 5 aromatic rings. The Labute approximate surface area is 230 Å². The van der Waals surface area contributed by atoms with Crippen LogP contribution in [-0.4, -0.2) is 16.2 Å². The number of carboxylic acid groups (broad SMARTS) is 1. The second kappa shape index (κ2) is 10.6. The van der Waals surface area contributed by atoms with Gasteiger partial charge in [-0.05, 0) is 76.9 Å². The van der Waals surface area contributed by atoms with Crippen LogP contribution in [0.4, 0.5) is 0 Å². The summed E-state index contributed by atoms with van der Waals surface area (Å²) in [5, 5.41) is 21.5. The maximum atomic E-state index is 12.6. The highest BCUT2D eigenvalue weighted by atomic mass is 16.4. The van der Waals surface area contributed by atoms with E-state index in [0.29, 0.717) is 12.0 Å². The molecule has 194 valence electrons. The van der Waals surface area contributed by atoms with Gasteiger partial charge in [-0.25, -0.2) is 4.79 Å². The Hall–Kier alpha value is -4.63. The molecular weight excluding hydrogens is 480 g/mol. The average Bonchev–Trinajstić information content (AvgIpc) is 2.93. The molecule has 0 aliphatic heterocycles. The van der Waals surface area contributed by atoms with E-state index in [1.165, 1.54) is 0 Å². The number of hydrogen-bond donors (Lipinski definition) is 2. The number of rotatable bonds is 7. The summed E-state index contributed by atoms with van der Waals surface area (Å²) in [6, 6.07) is 38.4. The molecule has 0 fully saturated rings. The van der Waals surface area contributed by atoms with Crippen LogP contribution in [0.15, 0.2) is 115 Å². The molecule has 0 amide bonds. The van der Waals surface area contributed by atoms with Crippen LogP contribution in [0.5, 0.6) is 5.75 Å². The summed E-state index contributed by atoms with van der Waals surface area (Å²) < 4.78 is 0. The Bertz CT molecular complexity index is 1540. The summed E-state index contributed by atoms with van der Waals surface area (Å²) in [4.78, 5) is 12.6. The minimum Gasteiger partial charge on any atom is -0.507 e. The first-order chi connectivity index (χ1) is 18.8. The van der Waals surface area contributed by atoms with Crippen LogP contribution in [0, 0.1) is 20.8 Å². The van der Waals surface area contributed by atoms with Gasteiger partial charge in [0, 0.05) is 6.42 Å². The molecule has 0 saturated heterocycles. The predicted octanol–water partition coefficient (Wildman–Crippen LogP) is 7.99. The summed E-state index contributed by atoms with van der Waals surface area (Å²) in [5.41, 5.74) is 7.95. The summed E-state index contributed by atoms with van der Waals surface area (Å²) in [6.45, 7) is 6.30. The van der Waals surface area contributed by atoms with Gasteiger partial charge in [-0.3, -0.25) is 0 Å². The van der Waals surface area contributed by atoms with Crippen molar-refractivity contribution in [3.05, 3.63) is 171 Å². The first-order valence-electron chi connectivity index (χ1n) is 13.2. The van der Waals surface area contributed by atoms with E-state index in [1.54, 1.807) is 6.07 Å². The zero-order valence-corrected chi connectivity index (χ0v) is 22.5. The number of carbonyl (C=O) groups is 1. The lowest BCUT2D eigenvalue weighted by Crippen LogP contribution is -2.34. The van der Waals surface area contributed by atoms with Crippen molar-refractivity contribution in [1.29, 1.82) is 0 Å². The first-order valence-corrected chi connectivity index (χ1v) is 13.2. The van der Waals surface area contributed by atoms with Crippen molar-refractivity contribution in [2.45, 2.75) is 32.6 Å². The highest BCUT2D eigenvalue weighted by Crippen LogP contribution is 2.49. The molecule has 5 aromatic carbocycles. The molecule has 0 heterocycles. The standard InChI is InChI=1S/C36H32O3/c1-24-13-7-10-18-31(24)36(32-19-11-8-14-25(32)2,33-20-12-9-15-26(33)3)29-22-28(21-27-16-5-4-6-17-27)34(37)30(23-29)35(38)39/h4-20,22-23,37H,21H2,1-3H3,(H,38,39). The smallest absolute Gasteiger partial charge is 0.339 e. The molecule has 2 N–H and O–H groups in total. The quantitative estimate of drug-likeness (QED) is 0.217. The van der Waals surface area contributed by atoms with Crippen LogP contribution in [0.1, 0.15) is 60.4 Å². The van der Waals surface area contributed by atoms with Crippen molar-refractivity contribution in [1.82, 2.24) is 0 Å². The molecular formula is C36H32O3. The lowest BCUT2D eigenvalue weighted by atomic mass is 9.61. The molecule has 39 heavy (non-hydrogen) atoms. The zero-order chi connectivity index (χ0) is 27.6. The molecule has 3 nitrogen and oxygen atoms in total. The molecule has 0 spiro atoms. The van der Waals surface area contributed by atoms with E-state index in [9.17, 15) is 15.0 Å². The van der Waals surface area contributed by atoms with E-state index in [4.69, 9.17) is 0 Å². The van der Waals surface area contributed by atoms with Gasteiger partial charge >= 0.3 is 5.97 Å². The van der Waals surface area contributed by atoms with Gasteiger partial charge in [-0.2, -0.15) is 0 Å².